The predicted octanol–water partition coefficient (Wildman–Crippen LogP) is 0.802. The maximum absolute atomic E-state index is 8.84. The van der Waals surface area contributed by atoms with Crippen LogP contribution in [-0.2, 0) is 0 Å². The molecule has 0 radical (unpaired) electrons. The molecule has 2 nitrogen and oxygen atoms in total. The highest BCUT2D eigenvalue weighted by atomic mass is 16.3. The fraction of sp³-hybridized carbons (Fsp3) is 0.500. The molecule has 0 aromatic carbocycles. The molecular weight excluding hydrogens is 126 g/mol. The zero-order valence-corrected chi connectivity index (χ0v) is 6.22. The van der Waals surface area contributed by atoms with Gasteiger partial charge in [0.25, 0.3) is 0 Å². The van der Waals surface area contributed by atoms with Gasteiger partial charge in [-0.1, -0.05) is 19.1 Å². The highest BCUT2D eigenvalue weighted by Crippen LogP contribution is 2.10. The third-order valence-electron chi connectivity index (χ3n) is 1.68. The summed E-state index contributed by atoms with van der Waals surface area (Å²) in [7, 11) is 0. The fourth-order valence-electron chi connectivity index (χ4n) is 1.09. The van der Waals surface area contributed by atoms with Crippen LogP contribution in [0.5, 0.6) is 0 Å². The zero-order valence-electron chi connectivity index (χ0n) is 6.22. The number of hydrogen-bond donors (Lipinski definition) is 2. The van der Waals surface area contributed by atoms with Gasteiger partial charge >= 0.3 is 0 Å². The summed E-state index contributed by atoms with van der Waals surface area (Å²) in [5, 5.41) is 12.0. The molecule has 2 N–H and O–H groups in total. The van der Waals surface area contributed by atoms with Gasteiger partial charge in [-0.2, -0.15) is 0 Å². The minimum Gasteiger partial charge on any atom is -0.390 e. The van der Waals surface area contributed by atoms with Gasteiger partial charge in [0.2, 0.25) is 0 Å². The summed E-state index contributed by atoms with van der Waals surface area (Å²) in [5.74, 6) is 0. The van der Waals surface area contributed by atoms with E-state index in [9.17, 15) is 0 Å². The van der Waals surface area contributed by atoms with Crippen molar-refractivity contribution in [2.24, 2.45) is 0 Å². The third kappa shape index (κ3) is 1.39. The molecule has 1 aliphatic heterocycles. The molecule has 1 heterocycles. The molecule has 10 heavy (non-hydrogen) atoms. The van der Waals surface area contributed by atoms with Crippen molar-refractivity contribution in [2.45, 2.75) is 13.3 Å². The molecule has 0 aliphatic carbocycles. The summed E-state index contributed by atoms with van der Waals surface area (Å²) in [6.45, 7) is 3.06. The molecule has 0 fully saturated rings. The number of aliphatic hydroxyl groups is 1. The van der Waals surface area contributed by atoms with E-state index in [0.717, 1.165) is 18.7 Å². The third-order valence-corrected chi connectivity index (χ3v) is 1.68. The molecule has 0 saturated carbocycles. The first kappa shape index (κ1) is 7.35. The second kappa shape index (κ2) is 3.42. The van der Waals surface area contributed by atoms with Crippen molar-refractivity contribution < 1.29 is 5.11 Å². The van der Waals surface area contributed by atoms with E-state index in [1.165, 1.54) is 5.57 Å². The number of nitrogens with one attached hydrogen (secondary N) is 1. The highest BCUT2D eigenvalue weighted by molar-refractivity contribution is 5.28. The molecule has 0 bridgehead atoms. The van der Waals surface area contributed by atoms with Crippen LogP contribution >= 0.6 is 0 Å². The minimum absolute atomic E-state index is 0.132. The predicted molar refractivity (Wildman–Crippen MR) is 41.5 cm³/mol. The lowest BCUT2D eigenvalue weighted by Gasteiger charge is -2.14. The Labute approximate surface area is 61.3 Å². The molecule has 0 atom stereocenters. The van der Waals surface area contributed by atoms with Crippen LogP contribution in [0, 0.1) is 0 Å². The smallest absolute Gasteiger partial charge is 0.0830 e. The second-order valence-electron chi connectivity index (χ2n) is 2.30. The number of aliphatic hydroxyl groups excluding tert-OH is 1. The first-order valence-electron chi connectivity index (χ1n) is 3.61. The Hall–Kier alpha value is -0.760. The van der Waals surface area contributed by atoms with Crippen LogP contribution in [0.25, 0.3) is 0 Å². The summed E-state index contributed by atoms with van der Waals surface area (Å²) >= 11 is 0. The van der Waals surface area contributed by atoms with Crippen molar-refractivity contribution in [1.29, 1.82) is 0 Å². The van der Waals surface area contributed by atoms with E-state index in [-0.39, 0.29) is 6.61 Å². The van der Waals surface area contributed by atoms with Crippen molar-refractivity contribution >= 4 is 0 Å². The van der Waals surface area contributed by atoms with Crippen molar-refractivity contribution in [1.82, 2.24) is 5.32 Å². The summed E-state index contributed by atoms with van der Waals surface area (Å²) < 4.78 is 0. The van der Waals surface area contributed by atoms with Gasteiger partial charge in [-0.05, 0) is 12.0 Å². The summed E-state index contributed by atoms with van der Waals surface area (Å²) in [6.07, 6.45) is 5.12. The molecule has 0 unspecified atom stereocenters. The Balaban J connectivity index is 2.73. The lowest BCUT2D eigenvalue weighted by Crippen LogP contribution is -2.20. The summed E-state index contributed by atoms with van der Waals surface area (Å²) in [6, 6.07) is 0. The second-order valence-corrected chi connectivity index (χ2v) is 2.30. The van der Waals surface area contributed by atoms with E-state index in [0.29, 0.717) is 0 Å². The molecule has 0 aromatic rings. The van der Waals surface area contributed by atoms with Gasteiger partial charge < -0.3 is 10.4 Å². The average molecular weight is 139 g/mol. The van der Waals surface area contributed by atoms with Gasteiger partial charge in [0, 0.05) is 12.2 Å². The largest absolute Gasteiger partial charge is 0.390 e. The number of allylic oxidation sites excluding steroid dienone is 2. The van der Waals surface area contributed by atoms with Crippen LogP contribution in [-0.4, -0.2) is 18.3 Å². The SMILES string of the molecule is CCC1=C(CO)NCC=C1. The maximum Gasteiger partial charge on any atom is 0.0830 e. The van der Waals surface area contributed by atoms with Gasteiger partial charge in [-0.25, -0.2) is 0 Å². The molecule has 0 aromatic heterocycles. The van der Waals surface area contributed by atoms with E-state index in [4.69, 9.17) is 5.11 Å². The van der Waals surface area contributed by atoms with Crippen LogP contribution in [0.2, 0.25) is 0 Å². The lowest BCUT2D eigenvalue weighted by atomic mass is 10.1. The van der Waals surface area contributed by atoms with Crippen LogP contribution in [0.4, 0.5) is 0 Å². The van der Waals surface area contributed by atoms with Gasteiger partial charge in [-0.15, -0.1) is 0 Å². The molecule has 0 amide bonds. The fourth-order valence-corrected chi connectivity index (χ4v) is 1.09. The molecule has 1 rings (SSSR count). The maximum atomic E-state index is 8.84. The Bertz CT molecular complexity index is 170. The first-order valence-corrected chi connectivity index (χ1v) is 3.61. The lowest BCUT2D eigenvalue weighted by molar-refractivity contribution is 0.320. The van der Waals surface area contributed by atoms with Crippen LogP contribution in [0.15, 0.2) is 23.4 Å². The van der Waals surface area contributed by atoms with Crippen LogP contribution in [0.1, 0.15) is 13.3 Å². The van der Waals surface area contributed by atoms with Gasteiger partial charge in [0.1, 0.15) is 0 Å². The number of dihydropyridines is 1. The Morgan fingerprint density at radius 3 is 3.00 bits per heavy atom. The Morgan fingerprint density at radius 2 is 2.50 bits per heavy atom. The summed E-state index contributed by atoms with van der Waals surface area (Å²) in [5.41, 5.74) is 2.19. The Morgan fingerprint density at radius 1 is 1.70 bits per heavy atom. The van der Waals surface area contributed by atoms with Crippen LogP contribution in [0.3, 0.4) is 0 Å². The highest BCUT2D eigenvalue weighted by Gasteiger charge is 2.02. The van der Waals surface area contributed by atoms with E-state index in [1.807, 2.05) is 0 Å². The number of rotatable bonds is 2. The van der Waals surface area contributed by atoms with Crippen molar-refractivity contribution in [3.05, 3.63) is 23.4 Å². The van der Waals surface area contributed by atoms with Crippen molar-refractivity contribution in [3.8, 4) is 0 Å². The van der Waals surface area contributed by atoms with Crippen LogP contribution < -0.4 is 5.32 Å². The minimum atomic E-state index is 0.132. The van der Waals surface area contributed by atoms with Gasteiger partial charge in [0.05, 0.1) is 6.61 Å². The Kier molecular flexibility index (Phi) is 2.51. The van der Waals surface area contributed by atoms with Gasteiger partial charge in [-0.3, -0.25) is 0 Å². The van der Waals surface area contributed by atoms with E-state index >= 15 is 0 Å². The first-order chi connectivity index (χ1) is 4.88. The molecule has 2 heteroatoms. The standard InChI is InChI=1S/C8H13NO/c1-2-7-4-3-5-9-8(7)6-10/h3-4,9-10H,2,5-6H2,1H3. The van der Waals surface area contributed by atoms with E-state index < -0.39 is 0 Å². The van der Waals surface area contributed by atoms with Gasteiger partial charge in [0.15, 0.2) is 0 Å². The summed E-state index contributed by atoms with van der Waals surface area (Å²) in [4.78, 5) is 0. The van der Waals surface area contributed by atoms with Crippen molar-refractivity contribution in [2.75, 3.05) is 13.2 Å². The normalized spacial score (nSPS) is 17.4. The quantitative estimate of drug-likeness (QED) is 0.593. The molecule has 1 aliphatic rings. The van der Waals surface area contributed by atoms with E-state index in [2.05, 4.69) is 24.4 Å². The monoisotopic (exact) mass is 139 g/mol. The number of hydrogen-bond acceptors (Lipinski definition) is 2. The molecule has 56 valence electrons. The molecular formula is C8H13NO. The molecule has 0 saturated heterocycles. The average Bonchev–Trinajstić information content (AvgIpc) is 2.04. The zero-order chi connectivity index (χ0) is 7.40. The topological polar surface area (TPSA) is 32.3 Å². The van der Waals surface area contributed by atoms with Crippen molar-refractivity contribution in [3.63, 3.8) is 0 Å². The van der Waals surface area contributed by atoms with E-state index in [1.54, 1.807) is 0 Å². The molecule has 0 spiro atoms.